The number of rotatable bonds is 4. The minimum Gasteiger partial charge on any atom is -0.372 e. The molecule has 1 aliphatic heterocycles. The molecule has 0 aromatic heterocycles. The van der Waals surface area contributed by atoms with Gasteiger partial charge in [-0.25, -0.2) is 8.42 Å². The zero-order valence-corrected chi connectivity index (χ0v) is 16.2. The van der Waals surface area contributed by atoms with Gasteiger partial charge in [-0.05, 0) is 43.9 Å². The van der Waals surface area contributed by atoms with Crippen LogP contribution in [0.25, 0.3) is 0 Å². The van der Waals surface area contributed by atoms with E-state index < -0.39 is 9.84 Å². The highest BCUT2D eigenvalue weighted by Gasteiger charge is 2.22. The molecule has 3 rings (SSSR count). The Morgan fingerprint density at radius 2 is 1.58 bits per heavy atom. The van der Waals surface area contributed by atoms with Gasteiger partial charge in [0.2, 0.25) is 9.84 Å². The van der Waals surface area contributed by atoms with Crippen LogP contribution < -0.4 is 0 Å². The number of allylic oxidation sites excluding steroid dienone is 1. The van der Waals surface area contributed by atoms with Crippen molar-refractivity contribution in [2.75, 3.05) is 6.54 Å². The quantitative estimate of drug-likeness (QED) is 0.754. The molecule has 4 heteroatoms. The third-order valence-electron chi connectivity index (χ3n) is 4.85. The van der Waals surface area contributed by atoms with E-state index in [9.17, 15) is 8.42 Å². The lowest BCUT2D eigenvalue weighted by Crippen LogP contribution is -2.20. The van der Waals surface area contributed by atoms with Crippen LogP contribution in [-0.4, -0.2) is 19.9 Å². The summed E-state index contributed by atoms with van der Waals surface area (Å²) in [5.74, 6) is 0. The number of nitrogens with zero attached hydrogens (tertiary/aromatic N) is 1. The molecular formula is C22H27NO2S. The Bertz CT molecular complexity index is 839. The molecule has 0 amide bonds. The van der Waals surface area contributed by atoms with Crippen LogP contribution in [0.1, 0.15) is 43.2 Å². The maximum Gasteiger partial charge on any atom is 0.204 e. The lowest BCUT2D eigenvalue weighted by Gasteiger charge is -2.22. The largest absolute Gasteiger partial charge is 0.372 e. The molecule has 0 fully saturated rings. The fourth-order valence-corrected chi connectivity index (χ4v) is 4.81. The molecule has 0 unspecified atom stereocenters. The predicted molar refractivity (Wildman–Crippen MR) is 106 cm³/mol. The molecule has 0 atom stereocenters. The van der Waals surface area contributed by atoms with Gasteiger partial charge in [0.1, 0.15) is 0 Å². The van der Waals surface area contributed by atoms with Crippen LogP contribution in [0.4, 0.5) is 0 Å². The standard InChI is InChI=1S/C22H27NO2S/c1-19-12-14-21(15-13-19)26(24,25)22-11-7-2-3-8-16-23(18-22)17-20-9-5-4-6-10-20/h4-6,9-10,12-15,18H,2-3,7-8,11,16-17H2,1H3/b22-18+. The fourth-order valence-electron chi connectivity index (χ4n) is 3.32. The first-order chi connectivity index (χ1) is 12.6. The number of hydrogen-bond donors (Lipinski definition) is 0. The Hall–Kier alpha value is -2.07. The maximum atomic E-state index is 13.2. The van der Waals surface area contributed by atoms with Gasteiger partial charge in [-0.3, -0.25) is 0 Å². The van der Waals surface area contributed by atoms with Gasteiger partial charge in [-0.2, -0.15) is 0 Å². The Labute approximate surface area is 157 Å². The lowest BCUT2D eigenvalue weighted by molar-refractivity contribution is 0.358. The molecule has 2 aromatic carbocycles. The third kappa shape index (κ3) is 4.76. The number of benzene rings is 2. The number of hydrogen-bond acceptors (Lipinski definition) is 3. The molecule has 0 N–H and O–H groups in total. The van der Waals surface area contributed by atoms with Crippen LogP contribution in [-0.2, 0) is 16.4 Å². The SMILES string of the molecule is Cc1ccc(S(=O)(=O)/C2=C/N(Cc3ccccc3)CCCCCC2)cc1. The van der Waals surface area contributed by atoms with Crippen molar-refractivity contribution >= 4 is 9.84 Å². The highest BCUT2D eigenvalue weighted by molar-refractivity contribution is 7.95. The van der Waals surface area contributed by atoms with E-state index >= 15 is 0 Å². The Morgan fingerprint density at radius 3 is 2.31 bits per heavy atom. The van der Waals surface area contributed by atoms with Gasteiger partial charge < -0.3 is 4.90 Å². The summed E-state index contributed by atoms with van der Waals surface area (Å²) in [6.45, 7) is 3.60. The van der Waals surface area contributed by atoms with Crippen LogP contribution in [0.5, 0.6) is 0 Å². The molecular weight excluding hydrogens is 342 g/mol. The molecule has 0 spiro atoms. The van der Waals surface area contributed by atoms with Gasteiger partial charge in [-0.15, -0.1) is 0 Å². The summed E-state index contributed by atoms with van der Waals surface area (Å²) in [4.78, 5) is 3.11. The molecule has 1 aliphatic rings. The van der Waals surface area contributed by atoms with Crippen molar-refractivity contribution in [3.8, 4) is 0 Å². The van der Waals surface area contributed by atoms with E-state index in [0.717, 1.165) is 44.3 Å². The summed E-state index contributed by atoms with van der Waals surface area (Å²) in [6.07, 6.45) is 6.77. The monoisotopic (exact) mass is 369 g/mol. The van der Waals surface area contributed by atoms with E-state index in [1.165, 1.54) is 5.56 Å². The number of aryl methyl sites for hydroxylation is 1. The normalized spacial score (nSPS) is 18.3. The van der Waals surface area contributed by atoms with Gasteiger partial charge in [0.25, 0.3) is 0 Å². The summed E-state index contributed by atoms with van der Waals surface area (Å²) in [7, 11) is -3.44. The first-order valence-electron chi connectivity index (χ1n) is 9.36. The molecule has 0 saturated carbocycles. The Kier molecular flexibility index (Phi) is 6.15. The smallest absolute Gasteiger partial charge is 0.204 e. The average Bonchev–Trinajstić information content (AvgIpc) is 2.75. The van der Waals surface area contributed by atoms with Crippen molar-refractivity contribution in [3.63, 3.8) is 0 Å². The van der Waals surface area contributed by atoms with Gasteiger partial charge in [0.05, 0.1) is 9.80 Å². The van der Waals surface area contributed by atoms with Crippen LogP contribution in [0.2, 0.25) is 0 Å². The Morgan fingerprint density at radius 1 is 0.885 bits per heavy atom. The topological polar surface area (TPSA) is 37.4 Å². The Balaban J connectivity index is 1.92. The predicted octanol–water partition coefficient (Wildman–Crippen LogP) is 5.08. The van der Waals surface area contributed by atoms with Gasteiger partial charge in [0, 0.05) is 19.3 Å². The first kappa shape index (κ1) is 18.7. The molecule has 0 saturated heterocycles. The second kappa shape index (κ2) is 8.54. The van der Waals surface area contributed by atoms with Crippen molar-refractivity contribution in [2.24, 2.45) is 0 Å². The second-order valence-corrected chi connectivity index (χ2v) is 9.03. The molecule has 0 bridgehead atoms. The van der Waals surface area contributed by atoms with Crippen LogP contribution >= 0.6 is 0 Å². The summed E-state index contributed by atoms with van der Waals surface area (Å²) in [6, 6.07) is 17.4. The second-order valence-electron chi connectivity index (χ2n) is 7.03. The zero-order chi connectivity index (χ0) is 18.4. The first-order valence-corrected chi connectivity index (χ1v) is 10.8. The minimum atomic E-state index is -3.44. The summed E-state index contributed by atoms with van der Waals surface area (Å²) in [5.41, 5.74) is 2.27. The van der Waals surface area contributed by atoms with Crippen molar-refractivity contribution < 1.29 is 8.42 Å². The minimum absolute atomic E-state index is 0.397. The van der Waals surface area contributed by atoms with Crippen LogP contribution in [0, 0.1) is 6.92 Å². The average molecular weight is 370 g/mol. The molecule has 26 heavy (non-hydrogen) atoms. The lowest BCUT2D eigenvalue weighted by atomic mass is 10.1. The third-order valence-corrected chi connectivity index (χ3v) is 6.74. The van der Waals surface area contributed by atoms with E-state index in [1.54, 1.807) is 12.1 Å². The van der Waals surface area contributed by atoms with Crippen LogP contribution in [0.15, 0.2) is 70.6 Å². The van der Waals surface area contributed by atoms with Crippen molar-refractivity contribution in [3.05, 3.63) is 76.8 Å². The summed E-state index contributed by atoms with van der Waals surface area (Å²) >= 11 is 0. The summed E-state index contributed by atoms with van der Waals surface area (Å²) < 4.78 is 26.4. The van der Waals surface area contributed by atoms with Crippen molar-refractivity contribution in [2.45, 2.75) is 50.5 Å². The maximum absolute atomic E-state index is 13.2. The fraction of sp³-hybridized carbons (Fsp3) is 0.364. The van der Waals surface area contributed by atoms with Crippen molar-refractivity contribution in [1.82, 2.24) is 4.90 Å². The zero-order valence-electron chi connectivity index (χ0n) is 15.4. The molecule has 0 radical (unpaired) electrons. The van der Waals surface area contributed by atoms with Crippen molar-refractivity contribution in [1.29, 1.82) is 0 Å². The molecule has 2 aromatic rings. The van der Waals surface area contributed by atoms with Gasteiger partial charge in [-0.1, -0.05) is 60.9 Å². The van der Waals surface area contributed by atoms with E-state index in [-0.39, 0.29) is 0 Å². The highest BCUT2D eigenvalue weighted by Crippen LogP contribution is 2.26. The van der Waals surface area contributed by atoms with Gasteiger partial charge in [0.15, 0.2) is 0 Å². The van der Waals surface area contributed by atoms with Gasteiger partial charge >= 0.3 is 0 Å². The summed E-state index contributed by atoms with van der Waals surface area (Å²) in [5, 5.41) is 0. The van der Waals surface area contributed by atoms with E-state index in [2.05, 4.69) is 17.0 Å². The molecule has 0 aliphatic carbocycles. The molecule has 138 valence electrons. The van der Waals surface area contributed by atoms with E-state index in [0.29, 0.717) is 16.2 Å². The highest BCUT2D eigenvalue weighted by atomic mass is 32.2. The van der Waals surface area contributed by atoms with E-state index in [4.69, 9.17) is 0 Å². The van der Waals surface area contributed by atoms with E-state index in [1.807, 2.05) is 43.5 Å². The van der Waals surface area contributed by atoms with Crippen LogP contribution in [0.3, 0.4) is 0 Å². The number of sulfone groups is 1. The molecule has 1 heterocycles. The molecule has 3 nitrogen and oxygen atoms in total.